The molecular weight excluding hydrogens is 231 g/mol. The van der Waals surface area contributed by atoms with Crippen molar-refractivity contribution >= 4 is 15.9 Å². The maximum Gasteiger partial charge on any atom is 0.126 e. The van der Waals surface area contributed by atoms with Gasteiger partial charge in [-0.25, -0.2) is 4.39 Å². The van der Waals surface area contributed by atoms with Gasteiger partial charge in [0.05, 0.1) is 0 Å². The van der Waals surface area contributed by atoms with Crippen LogP contribution >= 0.6 is 15.9 Å². The van der Waals surface area contributed by atoms with E-state index in [0.29, 0.717) is 0 Å². The van der Waals surface area contributed by atoms with Crippen LogP contribution in [0.25, 0.3) is 0 Å². The fraction of sp³-hybridized carbons (Fsp3) is 0.455. The van der Waals surface area contributed by atoms with Crippen molar-refractivity contribution in [2.75, 3.05) is 5.33 Å². The van der Waals surface area contributed by atoms with E-state index >= 15 is 0 Å². The number of hydrogen-bond donors (Lipinski definition) is 0. The quantitative estimate of drug-likeness (QED) is 0.709. The number of halogens is 2. The minimum Gasteiger partial charge on any atom is -0.207 e. The molecule has 0 radical (unpaired) electrons. The van der Waals surface area contributed by atoms with Gasteiger partial charge in [0.25, 0.3) is 0 Å². The van der Waals surface area contributed by atoms with Gasteiger partial charge in [0, 0.05) is 5.33 Å². The summed E-state index contributed by atoms with van der Waals surface area (Å²) >= 11 is 3.34. The third-order valence-electron chi connectivity index (χ3n) is 2.11. The molecule has 0 aliphatic carbocycles. The second-order valence-electron chi connectivity index (χ2n) is 3.07. The van der Waals surface area contributed by atoms with Crippen molar-refractivity contribution in [1.29, 1.82) is 0 Å². The normalized spacial score (nSPS) is 10.4. The molecule has 0 spiro atoms. The maximum atomic E-state index is 13.3. The van der Waals surface area contributed by atoms with Crippen molar-refractivity contribution < 1.29 is 4.39 Å². The molecule has 0 aromatic heterocycles. The van der Waals surface area contributed by atoms with E-state index in [2.05, 4.69) is 15.9 Å². The Bertz CT molecular complexity index is 271. The zero-order chi connectivity index (χ0) is 9.68. The zero-order valence-corrected chi connectivity index (χ0v) is 9.40. The Morgan fingerprint density at radius 2 is 2.15 bits per heavy atom. The predicted molar refractivity (Wildman–Crippen MR) is 57.9 cm³/mol. The number of benzene rings is 1. The van der Waals surface area contributed by atoms with Crippen LogP contribution in [0.2, 0.25) is 0 Å². The first kappa shape index (κ1) is 10.7. The molecule has 13 heavy (non-hydrogen) atoms. The van der Waals surface area contributed by atoms with Crippen molar-refractivity contribution in [3.63, 3.8) is 0 Å². The Balaban J connectivity index is 2.73. The summed E-state index contributed by atoms with van der Waals surface area (Å²) in [5, 5.41) is 0.933. The topological polar surface area (TPSA) is 0 Å². The molecule has 0 saturated heterocycles. The molecule has 0 fully saturated rings. The first-order valence-electron chi connectivity index (χ1n) is 4.61. The second kappa shape index (κ2) is 5.38. The molecule has 2 heteroatoms. The molecule has 1 aromatic carbocycles. The Labute approximate surface area is 87.3 Å². The standard InChI is InChI=1S/C11H14BrF/c1-2-9-5-6-10(4-3-7-12)11(13)8-9/h5-6,8H,2-4,7H2,1H3. The van der Waals surface area contributed by atoms with Gasteiger partial charge in [-0.15, -0.1) is 0 Å². The minimum atomic E-state index is -0.0553. The molecule has 0 amide bonds. The molecule has 0 unspecified atom stereocenters. The van der Waals surface area contributed by atoms with Crippen LogP contribution in [0.15, 0.2) is 18.2 Å². The fourth-order valence-corrected chi connectivity index (χ4v) is 1.55. The first-order chi connectivity index (χ1) is 6.27. The highest BCUT2D eigenvalue weighted by atomic mass is 79.9. The Hall–Kier alpha value is -0.370. The number of hydrogen-bond acceptors (Lipinski definition) is 0. The van der Waals surface area contributed by atoms with Crippen LogP contribution in [-0.4, -0.2) is 5.33 Å². The van der Waals surface area contributed by atoms with Crippen LogP contribution in [0.4, 0.5) is 4.39 Å². The van der Waals surface area contributed by atoms with Gasteiger partial charge >= 0.3 is 0 Å². The van der Waals surface area contributed by atoms with Crippen molar-refractivity contribution in [2.24, 2.45) is 0 Å². The van der Waals surface area contributed by atoms with Crippen LogP contribution in [0.3, 0.4) is 0 Å². The Kier molecular flexibility index (Phi) is 4.43. The third-order valence-corrected chi connectivity index (χ3v) is 2.67. The highest BCUT2D eigenvalue weighted by Crippen LogP contribution is 2.13. The van der Waals surface area contributed by atoms with Crippen molar-refractivity contribution in [3.05, 3.63) is 35.1 Å². The Morgan fingerprint density at radius 3 is 2.69 bits per heavy atom. The second-order valence-corrected chi connectivity index (χ2v) is 3.86. The summed E-state index contributed by atoms with van der Waals surface area (Å²) in [7, 11) is 0. The number of alkyl halides is 1. The minimum absolute atomic E-state index is 0.0553. The molecule has 0 heterocycles. The van der Waals surface area contributed by atoms with Crippen LogP contribution in [0, 0.1) is 5.82 Å². The van der Waals surface area contributed by atoms with E-state index < -0.39 is 0 Å². The van der Waals surface area contributed by atoms with Gasteiger partial charge in [0.2, 0.25) is 0 Å². The van der Waals surface area contributed by atoms with E-state index in [1.807, 2.05) is 19.1 Å². The average Bonchev–Trinajstić information content (AvgIpc) is 2.16. The van der Waals surface area contributed by atoms with Crippen molar-refractivity contribution in [3.8, 4) is 0 Å². The van der Waals surface area contributed by atoms with Gasteiger partial charge in [-0.2, -0.15) is 0 Å². The van der Waals surface area contributed by atoms with E-state index in [1.165, 1.54) is 0 Å². The van der Waals surface area contributed by atoms with Crippen LogP contribution in [0.5, 0.6) is 0 Å². The number of aryl methyl sites for hydroxylation is 2. The van der Waals surface area contributed by atoms with E-state index in [-0.39, 0.29) is 5.82 Å². The van der Waals surface area contributed by atoms with E-state index in [0.717, 1.165) is 35.7 Å². The van der Waals surface area contributed by atoms with E-state index in [1.54, 1.807) is 6.07 Å². The first-order valence-corrected chi connectivity index (χ1v) is 5.73. The van der Waals surface area contributed by atoms with E-state index in [9.17, 15) is 4.39 Å². The van der Waals surface area contributed by atoms with Crippen LogP contribution in [0.1, 0.15) is 24.5 Å². The highest BCUT2D eigenvalue weighted by molar-refractivity contribution is 9.09. The molecule has 0 N–H and O–H groups in total. The predicted octanol–water partition coefficient (Wildman–Crippen LogP) is 3.72. The molecule has 0 bridgehead atoms. The van der Waals surface area contributed by atoms with Gasteiger partial charge < -0.3 is 0 Å². The summed E-state index contributed by atoms with van der Waals surface area (Å²) in [5.74, 6) is -0.0553. The molecule has 0 nitrogen and oxygen atoms in total. The zero-order valence-electron chi connectivity index (χ0n) is 7.82. The third kappa shape index (κ3) is 3.11. The lowest BCUT2D eigenvalue weighted by molar-refractivity contribution is 0.606. The lowest BCUT2D eigenvalue weighted by Gasteiger charge is -2.03. The molecule has 0 saturated carbocycles. The molecule has 0 aliphatic heterocycles. The monoisotopic (exact) mass is 244 g/mol. The van der Waals surface area contributed by atoms with Gasteiger partial charge in [-0.1, -0.05) is 35.0 Å². The molecular formula is C11H14BrF. The average molecular weight is 245 g/mol. The molecule has 1 rings (SSSR count). The summed E-state index contributed by atoms with van der Waals surface area (Å²) in [5.41, 5.74) is 1.90. The summed E-state index contributed by atoms with van der Waals surface area (Å²) in [4.78, 5) is 0. The maximum absolute atomic E-state index is 13.3. The number of rotatable bonds is 4. The molecule has 0 aliphatic rings. The van der Waals surface area contributed by atoms with Crippen molar-refractivity contribution in [1.82, 2.24) is 0 Å². The van der Waals surface area contributed by atoms with Gasteiger partial charge in [0.15, 0.2) is 0 Å². The summed E-state index contributed by atoms with van der Waals surface area (Å²) in [6.45, 7) is 2.03. The lowest BCUT2D eigenvalue weighted by Crippen LogP contribution is -1.93. The van der Waals surface area contributed by atoms with Crippen molar-refractivity contribution in [2.45, 2.75) is 26.2 Å². The van der Waals surface area contributed by atoms with Gasteiger partial charge in [0.1, 0.15) is 5.82 Å². The molecule has 0 atom stereocenters. The SMILES string of the molecule is CCc1ccc(CCCBr)c(F)c1. The largest absolute Gasteiger partial charge is 0.207 e. The Morgan fingerprint density at radius 1 is 1.38 bits per heavy atom. The fourth-order valence-electron chi connectivity index (χ4n) is 1.27. The molecule has 1 aromatic rings. The molecule has 72 valence electrons. The summed E-state index contributed by atoms with van der Waals surface area (Å²) in [6, 6.07) is 5.55. The van der Waals surface area contributed by atoms with Crippen LogP contribution in [-0.2, 0) is 12.8 Å². The van der Waals surface area contributed by atoms with Crippen LogP contribution < -0.4 is 0 Å². The summed E-state index contributed by atoms with van der Waals surface area (Å²) < 4.78 is 13.3. The smallest absolute Gasteiger partial charge is 0.126 e. The highest BCUT2D eigenvalue weighted by Gasteiger charge is 2.01. The van der Waals surface area contributed by atoms with Gasteiger partial charge in [-0.05, 0) is 36.5 Å². The summed E-state index contributed by atoms with van der Waals surface area (Å²) in [6.07, 6.45) is 2.71. The van der Waals surface area contributed by atoms with Gasteiger partial charge in [-0.3, -0.25) is 0 Å². The van der Waals surface area contributed by atoms with E-state index in [4.69, 9.17) is 0 Å². The lowest BCUT2D eigenvalue weighted by atomic mass is 10.1.